The van der Waals surface area contributed by atoms with E-state index in [1.807, 2.05) is 18.2 Å². The van der Waals surface area contributed by atoms with Gasteiger partial charge in [-0.2, -0.15) is 0 Å². The van der Waals surface area contributed by atoms with Gasteiger partial charge in [0.05, 0.1) is 50.0 Å². The number of fused-ring (bicyclic) bond motifs is 11. The first-order valence-corrected chi connectivity index (χ1v) is 35.2. The molecule has 2 spiro atoms. The summed E-state index contributed by atoms with van der Waals surface area (Å²) in [5.41, 5.74) is 17.4. The minimum absolute atomic E-state index is 0.0511. The van der Waals surface area contributed by atoms with Gasteiger partial charge in [-0.05, 0) is 202 Å². The number of likely N-dealkylation sites (tertiary alicyclic amines) is 3. The van der Waals surface area contributed by atoms with Crippen LogP contribution in [0.2, 0.25) is 0 Å². The van der Waals surface area contributed by atoms with E-state index in [4.69, 9.17) is 14.5 Å². The normalized spacial score (nSPS) is 31.3. The molecule has 7 aliphatic heterocycles. The lowest BCUT2D eigenvalue weighted by Gasteiger charge is -2.63. The molecule has 2 unspecified atom stereocenters. The highest BCUT2D eigenvalue weighted by Gasteiger charge is 2.75. The summed E-state index contributed by atoms with van der Waals surface area (Å²) in [4.78, 5) is 12.5. The van der Waals surface area contributed by atoms with Gasteiger partial charge in [0, 0.05) is 101 Å². The standard InChI is InChI=1S/C32H30N2O3.C26H26N2O3.C23H24N2O/c35-23-9-7-20-14-24-32(36)15-22-21-8-6-18-2-1-3-19-10-12-34(27(21)25(18)19)28(22)30-31(32,26(20)29(23)37-30)11-13-33(24)16-17-4-5-17;1-27-11-9-25-20-15-7-8-18(29)23(20)31-24(25)22-17(13-26(25,30)19(27)12-15)16-6-2-4-14-5-3-10-28(22)21(14)16;1-25-10-9-23(18-6-4-7-20(26)13-18)14-22-17(12-19(23)15-25)11-16-5-2-3-8-21(16)24-22/h1-3,6-9,17,24,30,35-36H,4-5,10-16H2;2,4,6-8,19,24,29-30H,3,5,9-13H2,1H3;2-8,11,13,19,26H,9-10,12,14-15H2,1H3/t24-,30?,31+,32-;19-,24?,25+,26-;19-,23+/m110/s1. The third-order valence-electron chi connectivity index (χ3n) is 26.9. The first kappa shape index (κ1) is 55.4. The van der Waals surface area contributed by atoms with Gasteiger partial charge in [-0.3, -0.25) is 9.88 Å². The van der Waals surface area contributed by atoms with E-state index in [9.17, 15) is 25.5 Å². The van der Waals surface area contributed by atoms with Gasteiger partial charge < -0.3 is 53.9 Å². The van der Waals surface area contributed by atoms with Crippen molar-refractivity contribution in [1.29, 1.82) is 0 Å². The molecule has 23 rings (SSSR count). The van der Waals surface area contributed by atoms with Gasteiger partial charge in [-0.15, -0.1) is 0 Å². The summed E-state index contributed by atoms with van der Waals surface area (Å²) in [6.07, 6.45) is 13.1. The number of nitrogens with zero attached hydrogens (tertiary/aromatic N) is 6. The van der Waals surface area contributed by atoms with Crippen molar-refractivity contribution in [2.24, 2.45) is 11.8 Å². The van der Waals surface area contributed by atoms with E-state index in [2.05, 4.69) is 135 Å². The number of rotatable bonds is 3. The number of phenolic OH excluding ortho intramolecular Hbond substituents is 3. The van der Waals surface area contributed by atoms with Crippen LogP contribution >= 0.6 is 0 Å². The molecule has 4 bridgehead atoms. The van der Waals surface area contributed by atoms with E-state index in [0.717, 1.165) is 133 Å². The number of hydrogen-bond acceptors (Lipinski definition) is 11. The van der Waals surface area contributed by atoms with E-state index in [-0.39, 0.29) is 41.2 Å². The van der Waals surface area contributed by atoms with Crippen molar-refractivity contribution in [2.75, 3.05) is 46.8 Å². The maximum atomic E-state index is 13.1. The highest BCUT2D eigenvalue weighted by Crippen LogP contribution is 2.72. The molecule has 13 heteroatoms. The van der Waals surface area contributed by atoms with Crippen molar-refractivity contribution in [3.8, 4) is 28.7 Å². The quantitative estimate of drug-likeness (QED) is 0.115. The number of ether oxygens (including phenoxy) is 2. The second-order valence-corrected chi connectivity index (χ2v) is 31.2. The third kappa shape index (κ3) is 6.95. The smallest absolute Gasteiger partial charge is 0.166 e. The van der Waals surface area contributed by atoms with Crippen LogP contribution in [0.25, 0.3) is 43.5 Å². The molecule has 6 aliphatic carbocycles. The molecule has 13 aliphatic rings. The Balaban J connectivity index is 0.0000000959. The molecule has 0 radical (unpaired) electrons. The van der Waals surface area contributed by atoms with E-state index < -0.39 is 22.0 Å². The van der Waals surface area contributed by atoms with Crippen LogP contribution in [0.4, 0.5) is 0 Å². The topological polar surface area (TPSA) is 152 Å². The van der Waals surface area contributed by atoms with Gasteiger partial charge in [0.1, 0.15) is 5.75 Å². The van der Waals surface area contributed by atoms with Crippen LogP contribution in [-0.4, -0.2) is 124 Å². The molecular weight excluding hydrogens is 1170 g/mol. The maximum Gasteiger partial charge on any atom is 0.166 e. The largest absolute Gasteiger partial charge is 0.508 e. The highest BCUT2D eigenvalue weighted by molar-refractivity contribution is 6.10. The Hall–Kier alpha value is -7.91. The molecule has 10 aromatic rings. The lowest BCUT2D eigenvalue weighted by molar-refractivity contribution is -0.173. The number of phenols is 3. The average Bonchev–Trinajstić information content (AvgIpc) is 1.43. The molecule has 3 aromatic heterocycles. The van der Waals surface area contributed by atoms with Crippen molar-refractivity contribution >= 4 is 43.5 Å². The zero-order valence-corrected chi connectivity index (χ0v) is 53.7. The number of aromatic nitrogens is 3. The molecule has 13 nitrogen and oxygen atoms in total. The minimum Gasteiger partial charge on any atom is -0.508 e. The van der Waals surface area contributed by atoms with Crippen LogP contribution in [0.3, 0.4) is 0 Å². The summed E-state index contributed by atoms with van der Waals surface area (Å²) < 4.78 is 18.6. The number of pyridine rings is 1. The third-order valence-corrected chi connectivity index (χ3v) is 26.9. The first-order chi connectivity index (χ1) is 45.8. The summed E-state index contributed by atoms with van der Waals surface area (Å²) in [5, 5.41) is 64.1. The van der Waals surface area contributed by atoms with Crippen LogP contribution in [0.15, 0.2) is 127 Å². The zero-order chi connectivity index (χ0) is 62.7. The number of aryl methyl sites for hydroxylation is 4. The molecular formula is C81H80N6O7. The molecule has 7 aromatic carbocycles. The number of para-hydroxylation sites is 2. The van der Waals surface area contributed by atoms with Crippen LogP contribution in [0, 0.1) is 11.8 Å². The molecule has 10 atom stereocenters. The first-order valence-electron chi connectivity index (χ1n) is 35.2. The summed E-state index contributed by atoms with van der Waals surface area (Å²) in [6.45, 7) is 7.13. The van der Waals surface area contributed by atoms with E-state index in [0.29, 0.717) is 36.0 Å². The Morgan fingerprint density at radius 1 is 0.564 bits per heavy atom. The van der Waals surface area contributed by atoms with Crippen molar-refractivity contribution in [3.05, 3.63) is 200 Å². The molecule has 4 fully saturated rings. The fraction of sp³-hybridized carbons (Fsp3) is 0.420. The summed E-state index contributed by atoms with van der Waals surface area (Å²) in [7, 11) is 4.37. The summed E-state index contributed by atoms with van der Waals surface area (Å²) in [5.74, 6) is 3.37. The van der Waals surface area contributed by atoms with Gasteiger partial charge in [0.15, 0.2) is 35.2 Å². The van der Waals surface area contributed by atoms with Gasteiger partial charge in [-0.25, -0.2) is 0 Å². The number of aromatic hydroxyl groups is 3. The van der Waals surface area contributed by atoms with E-state index in [1.54, 1.807) is 12.1 Å². The lowest BCUT2D eigenvalue weighted by Crippen LogP contribution is -2.74. The highest BCUT2D eigenvalue weighted by atomic mass is 16.5. The number of hydrogen-bond donors (Lipinski definition) is 5. The van der Waals surface area contributed by atoms with Crippen LogP contribution in [0.1, 0.15) is 123 Å². The Bertz CT molecular complexity index is 4990. The second-order valence-electron chi connectivity index (χ2n) is 31.2. The lowest BCUT2D eigenvalue weighted by atomic mass is 9.49. The minimum atomic E-state index is -0.925. The molecule has 1 saturated carbocycles. The molecule has 0 amide bonds. The Kier molecular flexibility index (Phi) is 11.2. The predicted molar refractivity (Wildman–Crippen MR) is 363 cm³/mol. The Labute approximate surface area is 546 Å². The summed E-state index contributed by atoms with van der Waals surface area (Å²) in [6, 6.07) is 44.4. The SMILES string of the molecule is CN1CC[C@]2(c3cccc(O)c3)Cc3nc4ccccc4cc3C[C@H]2C1.CN1CC[C@]23c4c5ccc(O)c4OC2c2c(c4cccc6c4n2CCC6)C[C@@]3(O)[C@H]1C5.Oc1ccc2c3c1OC1c4c(c5ccc6cccc7c6c5n4CC7)C[C@@]4(O)[C@@H](C2)N(CC2CC2)CC[C@]314. The van der Waals surface area contributed by atoms with Gasteiger partial charge in [0.25, 0.3) is 0 Å². The Morgan fingerprint density at radius 3 is 2.01 bits per heavy atom. The fourth-order valence-corrected chi connectivity index (χ4v) is 22.7. The van der Waals surface area contributed by atoms with Gasteiger partial charge in [0.2, 0.25) is 0 Å². The van der Waals surface area contributed by atoms with Crippen molar-refractivity contribution in [1.82, 2.24) is 28.8 Å². The van der Waals surface area contributed by atoms with Crippen LogP contribution in [-0.2, 0) is 80.7 Å². The van der Waals surface area contributed by atoms with Crippen LogP contribution < -0.4 is 9.47 Å². The molecule has 3 saturated heterocycles. The van der Waals surface area contributed by atoms with Gasteiger partial charge >= 0.3 is 0 Å². The maximum absolute atomic E-state index is 13.1. The Morgan fingerprint density at radius 2 is 1.24 bits per heavy atom. The molecule has 94 heavy (non-hydrogen) atoms. The molecule has 5 N–H and O–H groups in total. The van der Waals surface area contributed by atoms with E-state index >= 15 is 0 Å². The average molecular weight is 1250 g/mol. The molecule has 476 valence electrons. The van der Waals surface area contributed by atoms with Crippen molar-refractivity contribution in [2.45, 2.75) is 155 Å². The number of aliphatic hydroxyl groups is 2. The zero-order valence-electron chi connectivity index (χ0n) is 53.7. The summed E-state index contributed by atoms with van der Waals surface area (Å²) >= 11 is 0. The predicted octanol–water partition coefficient (Wildman–Crippen LogP) is 11.9. The molecule has 10 heterocycles. The monoisotopic (exact) mass is 1250 g/mol. The number of piperidine rings is 3. The fourth-order valence-electron chi connectivity index (χ4n) is 22.7. The second kappa shape index (κ2) is 19.0. The van der Waals surface area contributed by atoms with Crippen LogP contribution in [0.5, 0.6) is 28.7 Å². The van der Waals surface area contributed by atoms with Crippen molar-refractivity contribution in [3.63, 3.8) is 0 Å². The number of likely N-dealkylation sites (N-methyl/N-ethyl adjacent to an activating group) is 1. The van der Waals surface area contributed by atoms with Crippen molar-refractivity contribution < 1.29 is 35.0 Å². The number of benzene rings is 7. The van der Waals surface area contributed by atoms with E-state index in [1.165, 1.54) is 112 Å². The van der Waals surface area contributed by atoms with Gasteiger partial charge in [-0.1, -0.05) is 91.0 Å².